The van der Waals surface area contributed by atoms with E-state index in [1.807, 2.05) is 13.0 Å². The van der Waals surface area contributed by atoms with Gasteiger partial charge in [0.15, 0.2) is 0 Å². The van der Waals surface area contributed by atoms with Crippen LogP contribution >= 0.6 is 0 Å². The van der Waals surface area contributed by atoms with Crippen LogP contribution < -0.4 is 15.1 Å². The largest absolute Gasteiger partial charge is 0.372 e. The summed E-state index contributed by atoms with van der Waals surface area (Å²) in [7, 11) is 0. The van der Waals surface area contributed by atoms with E-state index in [0.717, 1.165) is 55.9 Å². The van der Waals surface area contributed by atoms with Crippen LogP contribution in [0.1, 0.15) is 31.9 Å². The second-order valence-corrected chi connectivity index (χ2v) is 7.84. The van der Waals surface area contributed by atoms with Gasteiger partial charge in [-0.2, -0.15) is 4.98 Å². The van der Waals surface area contributed by atoms with Crippen molar-refractivity contribution in [3.8, 4) is 0 Å². The summed E-state index contributed by atoms with van der Waals surface area (Å²) in [6.45, 7) is 11.9. The number of nitrogens with zero attached hydrogens (tertiary/aromatic N) is 5. The third kappa shape index (κ3) is 4.55. The van der Waals surface area contributed by atoms with E-state index in [1.54, 1.807) is 0 Å². The van der Waals surface area contributed by atoms with Crippen LogP contribution in [0.25, 0.3) is 0 Å². The molecule has 6 heteroatoms. The van der Waals surface area contributed by atoms with Gasteiger partial charge in [0.25, 0.3) is 0 Å². The second kappa shape index (κ2) is 8.78. The van der Waals surface area contributed by atoms with Crippen molar-refractivity contribution in [1.29, 1.82) is 0 Å². The molecule has 2 fully saturated rings. The Morgan fingerprint density at radius 1 is 0.857 bits per heavy atom. The molecular formula is C22H32N6. The summed E-state index contributed by atoms with van der Waals surface area (Å²) >= 11 is 0. The summed E-state index contributed by atoms with van der Waals surface area (Å²) in [5.41, 5.74) is 3.38. The van der Waals surface area contributed by atoms with Gasteiger partial charge in [0.1, 0.15) is 5.82 Å². The lowest BCUT2D eigenvalue weighted by molar-refractivity contribution is 0.270. The minimum Gasteiger partial charge on any atom is -0.372 e. The number of rotatable bonds is 5. The molecule has 2 aliphatic rings. The molecule has 0 bridgehead atoms. The Morgan fingerprint density at radius 3 is 2.25 bits per heavy atom. The van der Waals surface area contributed by atoms with Crippen LogP contribution in [0.2, 0.25) is 0 Å². The number of aromatic nitrogens is 2. The first-order valence-electron chi connectivity index (χ1n) is 10.7. The van der Waals surface area contributed by atoms with Crippen LogP contribution in [0.4, 0.5) is 23.1 Å². The molecular weight excluding hydrogens is 348 g/mol. The molecule has 2 aliphatic heterocycles. The molecule has 0 atom stereocenters. The number of likely N-dealkylation sites (N-methyl/N-ethyl adjacent to an activating group) is 1. The molecule has 2 aromatic rings. The first-order chi connectivity index (χ1) is 13.7. The number of piperazine rings is 1. The standard InChI is InChI=1S/C22H32N6/c1-3-26-13-15-28(16-14-26)22-23-18(2)17-21(25-22)24-19-7-9-20(10-8-19)27-11-5-4-6-12-27/h7-10,17H,3-6,11-16H2,1-2H3,(H,23,24,25). The third-order valence-corrected chi connectivity index (χ3v) is 5.81. The average Bonchev–Trinajstić information content (AvgIpc) is 2.74. The average molecular weight is 381 g/mol. The Bertz CT molecular complexity index is 761. The molecule has 0 unspecified atom stereocenters. The van der Waals surface area contributed by atoms with Gasteiger partial charge in [-0.25, -0.2) is 4.98 Å². The summed E-state index contributed by atoms with van der Waals surface area (Å²) in [4.78, 5) is 16.7. The first-order valence-corrected chi connectivity index (χ1v) is 10.7. The van der Waals surface area contributed by atoms with E-state index in [4.69, 9.17) is 4.98 Å². The van der Waals surface area contributed by atoms with E-state index in [0.29, 0.717) is 0 Å². The summed E-state index contributed by atoms with van der Waals surface area (Å²) in [6, 6.07) is 10.8. The van der Waals surface area contributed by atoms with E-state index in [1.165, 1.54) is 38.0 Å². The SMILES string of the molecule is CCN1CCN(c2nc(C)cc(Nc3ccc(N4CCCCC4)cc3)n2)CC1. The molecule has 0 saturated carbocycles. The summed E-state index contributed by atoms with van der Waals surface area (Å²) < 4.78 is 0. The van der Waals surface area contributed by atoms with E-state index in [-0.39, 0.29) is 0 Å². The molecule has 2 saturated heterocycles. The van der Waals surface area contributed by atoms with Gasteiger partial charge < -0.3 is 20.0 Å². The van der Waals surface area contributed by atoms with Gasteiger partial charge in [-0.1, -0.05) is 6.92 Å². The number of anilines is 4. The zero-order valence-corrected chi connectivity index (χ0v) is 17.2. The predicted octanol–water partition coefficient (Wildman–Crippen LogP) is 3.66. The lowest BCUT2D eigenvalue weighted by Gasteiger charge is -2.34. The monoisotopic (exact) mass is 380 g/mol. The quantitative estimate of drug-likeness (QED) is 0.854. The Balaban J connectivity index is 1.43. The molecule has 0 radical (unpaired) electrons. The second-order valence-electron chi connectivity index (χ2n) is 7.84. The van der Waals surface area contributed by atoms with Gasteiger partial charge in [0, 0.05) is 62.4 Å². The highest BCUT2D eigenvalue weighted by Crippen LogP contribution is 2.24. The van der Waals surface area contributed by atoms with Crippen molar-refractivity contribution in [1.82, 2.24) is 14.9 Å². The number of nitrogens with one attached hydrogen (secondary N) is 1. The molecule has 6 nitrogen and oxygen atoms in total. The maximum absolute atomic E-state index is 4.79. The maximum atomic E-state index is 4.79. The van der Waals surface area contributed by atoms with Crippen molar-refractivity contribution < 1.29 is 0 Å². The number of hydrogen-bond donors (Lipinski definition) is 1. The van der Waals surface area contributed by atoms with Crippen LogP contribution in [-0.4, -0.2) is 60.7 Å². The van der Waals surface area contributed by atoms with E-state index < -0.39 is 0 Å². The normalized spacial score (nSPS) is 18.4. The fourth-order valence-electron chi connectivity index (χ4n) is 4.08. The lowest BCUT2D eigenvalue weighted by Crippen LogP contribution is -2.46. The minimum atomic E-state index is 0.836. The highest BCUT2D eigenvalue weighted by molar-refractivity contribution is 5.62. The molecule has 0 spiro atoms. The van der Waals surface area contributed by atoms with E-state index >= 15 is 0 Å². The van der Waals surface area contributed by atoms with Gasteiger partial charge in [-0.3, -0.25) is 0 Å². The highest BCUT2D eigenvalue weighted by atomic mass is 15.3. The Labute approximate surface area is 168 Å². The topological polar surface area (TPSA) is 47.5 Å². The zero-order valence-electron chi connectivity index (χ0n) is 17.2. The molecule has 1 N–H and O–H groups in total. The van der Waals surface area contributed by atoms with Crippen LogP contribution in [0.15, 0.2) is 30.3 Å². The number of benzene rings is 1. The highest BCUT2D eigenvalue weighted by Gasteiger charge is 2.18. The fraction of sp³-hybridized carbons (Fsp3) is 0.545. The number of aryl methyl sites for hydroxylation is 1. The van der Waals surface area contributed by atoms with Crippen molar-refractivity contribution in [2.24, 2.45) is 0 Å². The molecule has 28 heavy (non-hydrogen) atoms. The summed E-state index contributed by atoms with van der Waals surface area (Å²) in [5.74, 6) is 1.70. The van der Waals surface area contributed by atoms with E-state index in [2.05, 4.69) is 56.2 Å². The Kier molecular flexibility index (Phi) is 5.95. The first kappa shape index (κ1) is 19.0. The van der Waals surface area contributed by atoms with Gasteiger partial charge in [-0.15, -0.1) is 0 Å². The van der Waals surface area contributed by atoms with Crippen molar-refractivity contribution in [2.45, 2.75) is 33.1 Å². The zero-order chi connectivity index (χ0) is 19.3. The molecule has 0 aliphatic carbocycles. The number of hydrogen-bond acceptors (Lipinski definition) is 6. The van der Waals surface area contributed by atoms with Crippen molar-refractivity contribution in [3.63, 3.8) is 0 Å². The molecule has 4 rings (SSSR count). The van der Waals surface area contributed by atoms with Gasteiger partial charge in [0.2, 0.25) is 5.95 Å². The van der Waals surface area contributed by atoms with Gasteiger partial charge in [-0.05, 0) is 57.0 Å². The van der Waals surface area contributed by atoms with E-state index in [9.17, 15) is 0 Å². The van der Waals surface area contributed by atoms with Crippen molar-refractivity contribution >= 4 is 23.1 Å². The predicted molar refractivity (Wildman–Crippen MR) is 117 cm³/mol. The van der Waals surface area contributed by atoms with Gasteiger partial charge >= 0.3 is 0 Å². The Hall–Kier alpha value is -2.34. The third-order valence-electron chi connectivity index (χ3n) is 5.81. The van der Waals surface area contributed by atoms with Crippen LogP contribution in [-0.2, 0) is 0 Å². The Morgan fingerprint density at radius 2 is 1.57 bits per heavy atom. The van der Waals surface area contributed by atoms with Crippen molar-refractivity contribution in [2.75, 3.05) is 60.9 Å². The lowest BCUT2D eigenvalue weighted by atomic mass is 10.1. The maximum Gasteiger partial charge on any atom is 0.227 e. The summed E-state index contributed by atoms with van der Waals surface area (Å²) in [6.07, 6.45) is 3.96. The molecule has 1 aromatic carbocycles. The molecule has 3 heterocycles. The van der Waals surface area contributed by atoms with Crippen molar-refractivity contribution in [3.05, 3.63) is 36.0 Å². The summed E-state index contributed by atoms with van der Waals surface area (Å²) in [5, 5.41) is 3.47. The van der Waals surface area contributed by atoms with Crippen LogP contribution in [0.5, 0.6) is 0 Å². The minimum absolute atomic E-state index is 0.836. The van der Waals surface area contributed by atoms with Gasteiger partial charge in [0.05, 0.1) is 0 Å². The molecule has 150 valence electrons. The van der Waals surface area contributed by atoms with Crippen LogP contribution in [0, 0.1) is 6.92 Å². The molecule has 1 aromatic heterocycles. The number of piperidine rings is 1. The molecule has 0 amide bonds. The van der Waals surface area contributed by atoms with Crippen LogP contribution in [0.3, 0.4) is 0 Å². The fourth-order valence-corrected chi connectivity index (χ4v) is 4.08. The smallest absolute Gasteiger partial charge is 0.227 e.